The van der Waals surface area contributed by atoms with Crippen molar-refractivity contribution >= 4 is 12.0 Å². The number of nitrogens with zero attached hydrogens (tertiary/aromatic N) is 2. The number of carbonyl (C=O) groups excluding carboxylic acids is 1. The number of carboxylic acids is 1. The van der Waals surface area contributed by atoms with Gasteiger partial charge in [-0.25, -0.2) is 4.79 Å². The Morgan fingerprint density at radius 2 is 1.78 bits per heavy atom. The van der Waals surface area contributed by atoms with Crippen LogP contribution in [-0.4, -0.2) is 53.1 Å². The van der Waals surface area contributed by atoms with Gasteiger partial charge in [-0.2, -0.15) is 0 Å². The molecule has 2 fully saturated rings. The van der Waals surface area contributed by atoms with Gasteiger partial charge >= 0.3 is 12.0 Å². The highest BCUT2D eigenvalue weighted by molar-refractivity contribution is 5.79. The Hall–Kier alpha value is -1.26. The molecule has 0 aromatic heterocycles. The summed E-state index contributed by atoms with van der Waals surface area (Å²) >= 11 is 0. The lowest BCUT2D eigenvalue weighted by Gasteiger charge is -2.41. The van der Waals surface area contributed by atoms with Crippen molar-refractivity contribution in [3.8, 4) is 0 Å². The van der Waals surface area contributed by atoms with Crippen LogP contribution in [0.15, 0.2) is 0 Å². The number of urea groups is 1. The first-order valence-electron chi connectivity index (χ1n) is 6.84. The molecule has 2 aliphatic rings. The van der Waals surface area contributed by atoms with E-state index in [0.29, 0.717) is 13.1 Å². The molecule has 5 heteroatoms. The Kier molecular flexibility index (Phi) is 4.09. The molecule has 1 unspecified atom stereocenters. The molecule has 2 rings (SSSR count). The van der Waals surface area contributed by atoms with Crippen molar-refractivity contribution in [2.24, 2.45) is 5.92 Å². The Bertz CT molecular complexity index is 324. The summed E-state index contributed by atoms with van der Waals surface area (Å²) < 4.78 is 0. The number of aliphatic carboxylic acids is 1. The van der Waals surface area contributed by atoms with E-state index in [9.17, 15) is 9.59 Å². The minimum Gasteiger partial charge on any atom is -0.481 e. The molecule has 1 N–H and O–H groups in total. The topological polar surface area (TPSA) is 60.9 Å². The third kappa shape index (κ3) is 2.76. The maximum Gasteiger partial charge on any atom is 0.320 e. The second-order valence-corrected chi connectivity index (χ2v) is 5.50. The van der Waals surface area contributed by atoms with Gasteiger partial charge < -0.3 is 14.9 Å². The predicted molar refractivity (Wildman–Crippen MR) is 67.3 cm³/mol. The maximum absolute atomic E-state index is 12.2. The summed E-state index contributed by atoms with van der Waals surface area (Å²) in [7, 11) is 1.70. The quantitative estimate of drug-likeness (QED) is 0.764. The van der Waals surface area contributed by atoms with E-state index in [1.54, 1.807) is 16.8 Å². The van der Waals surface area contributed by atoms with Gasteiger partial charge in [0.2, 0.25) is 0 Å². The van der Waals surface area contributed by atoms with Gasteiger partial charge in [-0.05, 0) is 12.8 Å². The zero-order valence-corrected chi connectivity index (χ0v) is 11.0. The second kappa shape index (κ2) is 5.59. The lowest BCUT2D eigenvalue weighted by molar-refractivity contribution is -0.143. The zero-order valence-electron chi connectivity index (χ0n) is 11.0. The molecular formula is C13H22N2O3. The third-order valence-electron chi connectivity index (χ3n) is 4.10. The van der Waals surface area contributed by atoms with Crippen molar-refractivity contribution in [3.63, 3.8) is 0 Å². The molecule has 1 aliphatic carbocycles. The second-order valence-electron chi connectivity index (χ2n) is 5.50. The van der Waals surface area contributed by atoms with Crippen LogP contribution in [0.1, 0.15) is 38.5 Å². The fraction of sp³-hybridized carbons (Fsp3) is 0.846. The van der Waals surface area contributed by atoms with E-state index in [1.165, 1.54) is 12.8 Å². The Labute approximate surface area is 108 Å². The van der Waals surface area contributed by atoms with Gasteiger partial charge in [-0.15, -0.1) is 0 Å². The molecule has 1 saturated heterocycles. The number of hydrogen-bond donors (Lipinski definition) is 1. The van der Waals surface area contributed by atoms with Crippen LogP contribution < -0.4 is 0 Å². The molecule has 1 saturated carbocycles. The van der Waals surface area contributed by atoms with E-state index < -0.39 is 11.9 Å². The molecule has 0 aromatic rings. The molecule has 1 atom stereocenters. The van der Waals surface area contributed by atoms with Gasteiger partial charge in [0, 0.05) is 26.2 Å². The van der Waals surface area contributed by atoms with Crippen LogP contribution >= 0.6 is 0 Å². The summed E-state index contributed by atoms with van der Waals surface area (Å²) in [5, 5.41) is 9.15. The van der Waals surface area contributed by atoms with Crippen molar-refractivity contribution in [1.82, 2.24) is 9.80 Å². The average Bonchev–Trinajstić information content (AvgIpc) is 2.61. The SMILES string of the molecule is CN1CC(C(=O)O)CN(C2CCCCCC2)C1=O. The van der Waals surface area contributed by atoms with Crippen LogP contribution in [0, 0.1) is 5.92 Å². The van der Waals surface area contributed by atoms with Gasteiger partial charge in [-0.1, -0.05) is 25.7 Å². The van der Waals surface area contributed by atoms with E-state index in [1.807, 2.05) is 0 Å². The Morgan fingerprint density at radius 3 is 2.33 bits per heavy atom. The van der Waals surface area contributed by atoms with Gasteiger partial charge in [0.05, 0.1) is 5.92 Å². The van der Waals surface area contributed by atoms with E-state index >= 15 is 0 Å². The first-order valence-corrected chi connectivity index (χ1v) is 6.84. The smallest absolute Gasteiger partial charge is 0.320 e. The van der Waals surface area contributed by atoms with Gasteiger partial charge in [0.15, 0.2) is 0 Å². The molecular weight excluding hydrogens is 232 g/mol. The monoisotopic (exact) mass is 254 g/mol. The van der Waals surface area contributed by atoms with Crippen LogP contribution in [0.2, 0.25) is 0 Å². The van der Waals surface area contributed by atoms with Gasteiger partial charge in [0.1, 0.15) is 0 Å². The summed E-state index contributed by atoms with van der Waals surface area (Å²) in [5.41, 5.74) is 0. The molecule has 1 aliphatic heterocycles. The molecule has 0 bridgehead atoms. The lowest BCUT2D eigenvalue weighted by atomic mass is 10.0. The minimum atomic E-state index is -0.798. The standard InChI is InChI=1S/C13H22N2O3/c1-14-8-10(12(16)17)9-15(13(14)18)11-6-4-2-3-5-7-11/h10-11H,2-9H2,1H3,(H,16,17). The van der Waals surface area contributed by atoms with Crippen molar-refractivity contribution in [2.75, 3.05) is 20.1 Å². The minimum absolute atomic E-state index is 0.000556. The fourth-order valence-electron chi connectivity index (χ4n) is 3.03. The fourth-order valence-corrected chi connectivity index (χ4v) is 3.03. The molecule has 0 aromatic carbocycles. The van der Waals surface area contributed by atoms with E-state index in [4.69, 9.17) is 5.11 Å². The number of carbonyl (C=O) groups is 2. The summed E-state index contributed by atoms with van der Waals surface area (Å²) in [6, 6.07) is 0.240. The largest absolute Gasteiger partial charge is 0.481 e. The number of hydrogen-bond acceptors (Lipinski definition) is 2. The zero-order chi connectivity index (χ0) is 13.1. The van der Waals surface area contributed by atoms with E-state index in [0.717, 1.165) is 25.7 Å². The summed E-state index contributed by atoms with van der Waals surface area (Å²) in [6.45, 7) is 0.709. The molecule has 1 heterocycles. The summed E-state index contributed by atoms with van der Waals surface area (Å²) in [6.07, 6.45) is 6.80. The molecule has 102 valence electrons. The van der Waals surface area contributed by atoms with Crippen molar-refractivity contribution < 1.29 is 14.7 Å². The molecule has 18 heavy (non-hydrogen) atoms. The Morgan fingerprint density at radius 1 is 1.17 bits per heavy atom. The Balaban J connectivity index is 2.08. The highest BCUT2D eigenvalue weighted by Crippen LogP contribution is 2.25. The first kappa shape index (κ1) is 13.2. The van der Waals surface area contributed by atoms with Crippen LogP contribution in [0.3, 0.4) is 0 Å². The highest BCUT2D eigenvalue weighted by atomic mass is 16.4. The van der Waals surface area contributed by atoms with Crippen molar-refractivity contribution in [3.05, 3.63) is 0 Å². The number of amides is 2. The molecule has 0 spiro atoms. The molecule has 0 radical (unpaired) electrons. The summed E-state index contributed by atoms with van der Waals surface area (Å²) in [5.74, 6) is -1.25. The van der Waals surface area contributed by atoms with Gasteiger partial charge in [0.25, 0.3) is 0 Å². The number of carboxylic acid groups (broad SMARTS) is 1. The maximum atomic E-state index is 12.2. The molecule has 5 nitrogen and oxygen atoms in total. The van der Waals surface area contributed by atoms with E-state index in [2.05, 4.69) is 0 Å². The van der Waals surface area contributed by atoms with E-state index in [-0.39, 0.29) is 12.1 Å². The average molecular weight is 254 g/mol. The third-order valence-corrected chi connectivity index (χ3v) is 4.10. The van der Waals surface area contributed by atoms with Crippen LogP contribution in [0.4, 0.5) is 4.79 Å². The predicted octanol–water partition coefficient (Wildman–Crippen LogP) is 1.78. The van der Waals surface area contributed by atoms with Crippen LogP contribution in [-0.2, 0) is 4.79 Å². The lowest BCUT2D eigenvalue weighted by Crippen LogP contribution is -2.56. The van der Waals surface area contributed by atoms with Crippen LogP contribution in [0.25, 0.3) is 0 Å². The van der Waals surface area contributed by atoms with Crippen molar-refractivity contribution in [2.45, 2.75) is 44.6 Å². The molecule has 2 amide bonds. The number of rotatable bonds is 2. The first-order chi connectivity index (χ1) is 8.59. The van der Waals surface area contributed by atoms with Crippen LogP contribution in [0.5, 0.6) is 0 Å². The van der Waals surface area contributed by atoms with Gasteiger partial charge in [-0.3, -0.25) is 4.79 Å². The highest BCUT2D eigenvalue weighted by Gasteiger charge is 2.36. The van der Waals surface area contributed by atoms with Crippen molar-refractivity contribution in [1.29, 1.82) is 0 Å². The normalized spacial score (nSPS) is 27.2. The summed E-state index contributed by atoms with van der Waals surface area (Å²) in [4.78, 5) is 26.7.